The second kappa shape index (κ2) is 6.12. The van der Waals surface area contributed by atoms with E-state index in [1.54, 1.807) is 6.20 Å². The van der Waals surface area contributed by atoms with Crippen LogP contribution < -0.4 is 11.1 Å². The van der Waals surface area contributed by atoms with E-state index in [-0.39, 0.29) is 0 Å². The molecule has 1 aromatic heterocycles. The fraction of sp³-hybridized carbons (Fsp3) is 0.286. The van der Waals surface area contributed by atoms with Crippen LogP contribution in [0.1, 0.15) is 17.0 Å². The summed E-state index contributed by atoms with van der Waals surface area (Å²) in [6.45, 7) is 3.33. The quantitative estimate of drug-likeness (QED) is 0.840. The van der Waals surface area contributed by atoms with Gasteiger partial charge in [-0.25, -0.2) is 9.97 Å². The fourth-order valence-electron chi connectivity index (χ4n) is 1.80. The molecule has 0 unspecified atom stereocenters. The molecule has 0 radical (unpaired) electrons. The van der Waals surface area contributed by atoms with E-state index >= 15 is 0 Å². The SMILES string of the molecule is Cc1cccc(CCNc2ccnc(CN)n2)c1. The van der Waals surface area contributed by atoms with Gasteiger partial charge in [0.15, 0.2) is 0 Å². The molecule has 0 aliphatic carbocycles. The van der Waals surface area contributed by atoms with Crippen molar-refractivity contribution in [3.05, 3.63) is 53.5 Å². The first-order valence-electron chi connectivity index (χ1n) is 6.09. The lowest BCUT2D eigenvalue weighted by Gasteiger charge is -2.07. The summed E-state index contributed by atoms with van der Waals surface area (Å²) in [5, 5.41) is 3.28. The molecule has 0 aliphatic heterocycles. The summed E-state index contributed by atoms with van der Waals surface area (Å²) in [4.78, 5) is 8.35. The zero-order valence-corrected chi connectivity index (χ0v) is 10.6. The van der Waals surface area contributed by atoms with Crippen LogP contribution in [-0.2, 0) is 13.0 Å². The van der Waals surface area contributed by atoms with Crippen LogP contribution in [0.15, 0.2) is 36.5 Å². The molecule has 0 saturated heterocycles. The molecule has 2 rings (SSSR count). The van der Waals surface area contributed by atoms with Crippen LogP contribution in [-0.4, -0.2) is 16.5 Å². The van der Waals surface area contributed by atoms with Crippen molar-refractivity contribution in [2.75, 3.05) is 11.9 Å². The van der Waals surface area contributed by atoms with Crippen LogP contribution in [0.3, 0.4) is 0 Å². The first-order valence-corrected chi connectivity index (χ1v) is 6.09. The van der Waals surface area contributed by atoms with Crippen molar-refractivity contribution in [1.29, 1.82) is 0 Å². The van der Waals surface area contributed by atoms with Gasteiger partial charge in [0.2, 0.25) is 0 Å². The Bertz CT molecular complexity index is 511. The van der Waals surface area contributed by atoms with Gasteiger partial charge in [-0.05, 0) is 25.0 Å². The molecule has 18 heavy (non-hydrogen) atoms. The first-order chi connectivity index (χ1) is 8.78. The minimum Gasteiger partial charge on any atom is -0.370 e. The second-order valence-electron chi connectivity index (χ2n) is 4.23. The number of nitrogens with zero attached hydrogens (tertiary/aromatic N) is 2. The van der Waals surface area contributed by atoms with Gasteiger partial charge in [0.25, 0.3) is 0 Å². The van der Waals surface area contributed by atoms with Crippen LogP contribution in [0.5, 0.6) is 0 Å². The lowest BCUT2D eigenvalue weighted by Crippen LogP contribution is -2.09. The monoisotopic (exact) mass is 242 g/mol. The van der Waals surface area contributed by atoms with E-state index in [0.29, 0.717) is 12.4 Å². The van der Waals surface area contributed by atoms with Gasteiger partial charge in [0.05, 0.1) is 6.54 Å². The number of anilines is 1. The maximum absolute atomic E-state index is 5.50. The van der Waals surface area contributed by atoms with E-state index in [2.05, 4.69) is 46.5 Å². The molecule has 0 amide bonds. The smallest absolute Gasteiger partial charge is 0.144 e. The van der Waals surface area contributed by atoms with Crippen LogP contribution >= 0.6 is 0 Å². The van der Waals surface area contributed by atoms with E-state index in [0.717, 1.165) is 18.8 Å². The molecule has 0 aliphatic rings. The van der Waals surface area contributed by atoms with Gasteiger partial charge >= 0.3 is 0 Å². The van der Waals surface area contributed by atoms with Gasteiger partial charge < -0.3 is 11.1 Å². The summed E-state index contributed by atoms with van der Waals surface area (Å²) in [7, 11) is 0. The Balaban J connectivity index is 1.88. The highest BCUT2D eigenvalue weighted by atomic mass is 15.0. The standard InChI is InChI=1S/C14H18N4/c1-11-3-2-4-12(9-11)5-7-16-13-6-8-17-14(10-15)18-13/h2-4,6,8-9H,5,7,10,15H2,1H3,(H,16,17,18). The summed E-state index contributed by atoms with van der Waals surface area (Å²) in [6, 6.07) is 10.4. The molecular formula is C14H18N4. The van der Waals surface area contributed by atoms with Gasteiger partial charge in [-0.2, -0.15) is 0 Å². The van der Waals surface area contributed by atoms with Gasteiger partial charge in [-0.1, -0.05) is 29.8 Å². The Kier molecular flexibility index (Phi) is 4.25. The molecule has 0 saturated carbocycles. The van der Waals surface area contributed by atoms with Crippen molar-refractivity contribution >= 4 is 5.82 Å². The molecule has 2 aromatic rings. The van der Waals surface area contributed by atoms with Crippen LogP contribution in [0.25, 0.3) is 0 Å². The topological polar surface area (TPSA) is 63.8 Å². The average molecular weight is 242 g/mol. The van der Waals surface area contributed by atoms with Crippen LogP contribution in [0.4, 0.5) is 5.82 Å². The summed E-state index contributed by atoms with van der Waals surface area (Å²) >= 11 is 0. The minimum atomic E-state index is 0.368. The number of nitrogens with one attached hydrogen (secondary N) is 1. The van der Waals surface area contributed by atoms with E-state index in [1.165, 1.54) is 11.1 Å². The summed E-state index contributed by atoms with van der Waals surface area (Å²) in [6.07, 6.45) is 2.70. The van der Waals surface area contributed by atoms with Crippen molar-refractivity contribution < 1.29 is 0 Å². The highest BCUT2D eigenvalue weighted by Crippen LogP contribution is 2.06. The third-order valence-corrected chi connectivity index (χ3v) is 2.69. The van der Waals surface area contributed by atoms with Gasteiger partial charge in [-0.3, -0.25) is 0 Å². The zero-order chi connectivity index (χ0) is 12.8. The summed E-state index contributed by atoms with van der Waals surface area (Å²) < 4.78 is 0. The third kappa shape index (κ3) is 3.53. The van der Waals surface area contributed by atoms with Gasteiger partial charge in [0, 0.05) is 12.7 Å². The number of aryl methyl sites for hydroxylation is 1. The molecule has 0 spiro atoms. The number of hydrogen-bond donors (Lipinski definition) is 2. The van der Waals surface area contributed by atoms with Crippen molar-refractivity contribution in [2.24, 2.45) is 5.73 Å². The predicted octanol–water partition coefficient (Wildman–Crippen LogP) is 1.90. The fourth-order valence-corrected chi connectivity index (χ4v) is 1.80. The van der Waals surface area contributed by atoms with E-state index in [9.17, 15) is 0 Å². The Morgan fingerprint density at radius 1 is 1.28 bits per heavy atom. The molecule has 0 atom stereocenters. The number of aromatic nitrogens is 2. The maximum Gasteiger partial charge on any atom is 0.144 e. The van der Waals surface area contributed by atoms with E-state index < -0.39 is 0 Å². The second-order valence-corrected chi connectivity index (χ2v) is 4.23. The molecular weight excluding hydrogens is 224 g/mol. The predicted molar refractivity (Wildman–Crippen MR) is 73.3 cm³/mol. The molecule has 4 heteroatoms. The highest BCUT2D eigenvalue weighted by molar-refractivity contribution is 5.33. The third-order valence-electron chi connectivity index (χ3n) is 2.69. The lowest BCUT2D eigenvalue weighted by molar-refractivity contribution is 0.900. The minimum absolute atomic E-state index is 0.368. The molecule has 1 aromatic carbocycles. The molecule has 0 bridgehead atoms. The van der Waals surface area contributed by atoms with Crippen molar-refractivity contribution in [3.63, 3.8) is 0 Å². The van der Waals surface area contributed by atoms with Gasteiger partial charge in [0.1, 0.15) is 11.6 Å². The Morgan fingerprint density at radius 3 is 2.94 bits per heavy atom. The lowest BCUT2D eigenvalue weighted by atomic mass is 10.1. The normalized spacial score (nSPS) is 10.3. The summed E-state index contributed by atoms with van der Waals surface area (Å²) in [5.74, 6) is 1.49. The highest BCUT2D eigenvalue weighted by Gasteiger charge is 1.97. The summed E-state index contributed by atoms with van der Waals surface area (Å²) in [5.41, 5.74) is 8.12. The molecule has 4 nitrogen and oxygen atoms in total. The number of rotatable bonds is 5. The average Bonchev–Trinajstić information content (AvgIpc) is 2.39. The van der Waals surface area contributed by atoms with E-state index in [1.807, 2.05) is 6.07 Å². The Morgan fingerprint density at radius 2 is 2.17 bits per heavy atom. The molecule has 0 fully saturated rings. The van der Waals surface area contributed by atoms with Crippen molar-refractivity contribution in [3.8, 4) is 0 Å². The zero-order valence-electron chi connectivity index (χ0n) is 10.6. The largest absolute Gasteiger partial charge is 0.370 e. The Hall–Kier alpha value is -1.94. The number of nitrogens with two attached hydrogens (primary N) is 1. The van der Waals surface area contributed by atoms with Crippen molar-refractivity contribution in [2.45, 2.75) is 19.9 Å². The molecule has 1 heterocycles. The maximum atomic E-state index is 5.50. The van der Waals surface area contributed by atoms with Crippen molar-refractivity contribution in [1.82, 2.24) is 9.97 Å². The van der Waals surface area contributed by atoms with Gasteiger partial charge in [-0.15, -0.1) is 0 Å². The Labute approximate surface area is 107 Å². The molecule has 94 valence electrons. The van der Waals surface area contributed by atoms with Crippen LogP contribution in [0.2, 0.25) is 0 Å². The molecule has 3 N–H and O–H groups in total. The first kappa shape index (κ1) is 12.5. The van der Waals surface area contributed by atoms with Crippen LogP contribution in [0, 0.1) is 6.92 Å². The number of hydrogen-bond acceptors (Lipinski definition) is 4. The van der Waals surface area contributed by atoms with E-state index in [4.69, 9.17) is 5.73 Å². The number of benzene rings is 1.